The Hall–Kier alpha value is -1.50. The van der Waals surface area contributed by atoms with Crippen molar-refractivity contribution in [1.82, 2.24) is 10.2 Å². The van der Waals surface area contributed by atoms with Gasteiger partial charge < -0.3 is 5.32 Å². The topological polar surface area (TPSA) is 15.3 Å². The molecule has 1 fully saturated rings. The third-order valence-electron chi connectivity index (χ3n) is 5.05. The van der Waals surface area contributed by atoms with Crippen LogP contribution >= 0.6 is 11.8 Å². The molecule has 0 bridgehead atoms. The highest BCUT2D eigenvalue weighted by Crippen LogP contribution is 2.45. The van der Waals surface area contributed by atoms with E-state index in [2.05, 4.69) is 22.3 Å². The smallest absolute Gasteiger partial charge is 0.315 e. The lowest BCUT2D eigenvalue weighted by atomic mass is 9.89. The van der Waals surface area contributed by atoms with Gasteiger partial charge in [-0.3, -0.25) is 4.90 Å². The number of rotatable bonds is 2. The Labute approximate surface area is 149 Å². The summed E-state index contributed by atoms with van der Waals surface area (Å²) >= 11 is 1.62. The number of thioether (sulfide) groups is 1. The number of likely N-dealkylation sites (N-methyl/N-ethyl adjacent to an activating group) is 1. The van der Waals surface area contributed by atoms with Gasteiger partial charge in [0, 0.05) is 29.8 Å². The molecular formula is C19H19F3N2S. The van der Waals surface area contributed by atoms with E-state index >= 15 is 0 Å². The quantitative estimate of drug-likeness (QED) is 0.855. The lowest BCUT2D eigenvalue weighted by molar-refractivity contribution is -0.137. The molecule has 1 saturated heterocycles. The van der Waals surface area contributed by atoms with Crippen LogP contribution in [-0.4, -0.2) is 31.1 Å². The maximum Gasteiger partial charge on any atom is 0.416 e. The fourth-order valence-corrected chi connectivity index (χ4v) is 4.70. The lowest BCUT2D eigenvalue weighted by Gasteiger charge is -2.45. The first-order valence-electron chi connectivity index (χ1n) is 8.30. The summed E-state index contributed by atoms with van der Waals surface area (Å²) in [6.45, 7) is 1.69. The molecule has 6 heteroatoms. The number of benzene rings is 2. The largest absolute Gasteiger partial charge is 0.416 e. The third-order valence-corrected chi connectivity index (χ3v) is 6.19. The maximum atomic E-state index is 13.3. The zero-order chi connectivity index (χ0) is 17.6. The summed E-state index contributed by atoms with van der Waals surface area (Å²) in [7, 11) is 1.93. The Morgan fingerprint density at radius 1 is 1.08 bits per heavy atom. The summed E-state index contributed by atoms with van der Waals surface area (Å²) in [5, 5.41) is 3.24. The molecule has 2 aromatic rings. The van der Waals surface area contributed by atoms with Crippen molar-refractivity contribution in [3.05, 3.63) is 64.7 Å². The van der Waals surface area contributed by atoms with E-state index in [1.807, 2.05) is 19.2 Å². The van der Waals surface area contributed by atoms with Gasteiger partial charge in [0.15, 0.2) is 0 Å². The van der Waals surface area contributed by atoms with Crippen molar-refractivity contribution < 1.29 is 13.2 Å². The van der Waals surface area contributed by atoms with Crippen molar-refractivity contribution in [2.75, 3.05) is 20.1 Å². The van der Waals surface area contributed by atoms with Crippen LogP contribution in [0.3, 0.4) is 0 Å². The summed E-state index contributed by atoms with van der Waals surface area (Å²) in [6, 6.07) is 12.6. The Kier molecular flexibility index (Phi) is 4.30. The van der Waals surface area contributed by atoms with Gasteiger partial charge in [0.05, 0.1) is 11.6 Å². The molecule has 132 valence electrons. The van der Waals surface area contributed by atoms with Crippen LogP contribution in [0, 0.1) is 0 Å². The second-order valence-corrected chi connectivity index (χ2v) is 7.60. The SMILES string of the molecule is CNC1CN(C2c3ccccc3CSc3ccc(C(F)(F)F)cc32)C1. The summed E-state index contributed by atoms with van der Waals surface area (Å²) in [5.41, 5.74) is 2.54. The van der Waals surface area contributed by atoms with Gasteiger partial charge in [0.1, 0.15) is 0 Å². The van der Waals surface area contributed by atoms with E-state index in [-0.39, 0.29) is 6.04 Å². The average molecular weight is 364 g/mol. The number of halogens is 3. The predicted octanol–water partition coefficient (Wildman–Crippen LogP) is 4.30. The molecule has 0 spiro atoms. The fraction of sp³-hybridized carbons (Fsp3) is 0.368. The minimum atomic E-state index is -4.32. The van der Waals surface area contributed by atoms with E-state index in [1.165, 1.54) is 17.7 Å². The molecule has 0 saturated carbocycles. The summed E-state index contributed by atoms with van der Waals surface area (Å²) < 4.78 is 39.8. The van der Waals surface area contributed by atoms with Gasteiger partial charge >= 0.3 is 6.18 Å². The van der Waals surface area contributed by atoms with E-state index < -0.39 is 11.7 Å². The molecular weight excluding hydrogens is 345 g/mol. The Morgan fingerprint density at radius 2 is 1.84 bits per heavy atom. The first kappa shape index (κ1) is 16.9. The van der Waals surface area contributed by atoms with Crippen LogP contribution in [0.25, 0.3) is 0 Å². The summed E-state index contributed by atoms with van der Waals surface area (Å²) in [5.74, 6) is 0.786. The lowest BCUT2D eigenvalue weighted by Crippen LogP contribution is -2.58. The molecule has 4 rings (SSSR count). The first-order valence-corrected chi connectivity index (χ1v) is 9.29. The Balaban J connectivity index is 1.83. The van der Waals surface area contributed by atoms with E-state index in [9.17, 15) is 13.2 Å². The van der Waals surface area contributed by atoms with E-state index in [0.29, 0.717) is 6.04 Å². The van der Waals surface area contributed by atoms with Crippen molar-refractivity contribution in [3.63, 3.8) is 0 Å². The van der Waals surface area contributed by atoms with Gasteiger partial charge in [-0.2, -0.15) is 13.2 Å². The zero-order valence-corrected chi connectivity index (χ0v) is 14.6. The van der Waals surface area contributed by atoms with Crippen molar-refractivity contribution >= 4 is 11.8 Å². The average Bonchev–Trinajstić information content (AvgIpc) is 2.70. The second-order valence-electron chi connectivity index (χ2n) is 6.58. The van der Waals surface area contributed by atoms with Crippen LogP contribution in [0.5, 0.6) is 0 Å². The molecule has 0 aliphatic carbocycles. The van der Waals surface area contributed by atoms with Crippen LogP contribution < -0.4 is 5.32 Å². The second kappa shape index (κ2) is 6.34. The molecule has 0 aromatic heterocycles. The van der Waals surface area contributed by atoms with Gasteiger partial charge in [-0.05, 0) is 41.9 Å². The van der Waals surface area contributed by atoms with Gasteiger partial charge in [-0.15, -0.1) is 11.8 Å². The number of hydrogen-bond donors (Lipinski definition) is 1. The minimum Gasteiger partial charge on any atom is -0.315 e. The van der Waals surface area contributed by atoms with Gasteiger partial charge in [0.2, 0.25) is 0 Å². The van der Waals surface area contributed by atoms with Crippen molar-refractivity contribution in [2.24, 2.45) is 0 Å². The molecule has 1 unspecified atom stereocenters. The number of likely N-dealkylation sites (tertiary alicyclic amines) is 1. The minimum absolute atomic E-state index is 0.118. The highest BCUT2D eigenvalue weighted by atomic mass is 32.2. The molecule has 1 atom stereocenters. The molecule has 25 heavy (non-hydrogen) atoms. The number of hydrogen-bond acceptors (Lipinski definition) is 3. The Morgan fingerprint density at radius 3 is 2.56 bits per heavy atom. The van der Waals surface area contributed by atoms with Gasteiger partial charge in [0.25, 0.3) is 0 Å². The molecule has 0 amide bonds. The Bertz CT molecular complexity index is 784. The van der Waals surface area contributed by atoms with Crippen LogP contribution in [0.1, 0.15) is 28.3 Å². The number of nitrogens with one attached hydrogen (secondary N) is 1. The molecule has 2 aliphatic rings. The zero-order valence-electron chi connectivity index (χ0n) is 13.8. The molecule has 2 nitrogen and oxygen atoms in total. The maximum absolute atomic E-state index is 13.3. The van der Waals surface area contributed by atoms with E-state index in [1.54, 1.807) is 17.8 Å². The van der Waals surface area contributed by atoms with Crippen molar-refractivity contribution in [3.8, 4) is 0 Å². The highest BCUT2D eigenvalue weighted by Gasteiger charge is 2.38. The first-order chi connectivity index (χ1) is 12.0. The monoisotopic (exact) mass is 364 g/mol. The highest BCUT2D eigenvalue weighted by molar-refractivity contribution is 7.98. The van der Waals surface area contributed by atoms with Crippen LogP contribution in [0.15, 0.2) is 47.4 Å². The fourth-order valence-electron chi connectivity index (χ4n) is 3.62. The summed E-state index contributed by atoms with van der Waals surface area (Å²) in [6.07, 6.45) is -4.32. The third kappa shape index (κ3) is 3.07. The van der Waals surface area contributed by atoms with Gasteiger partial charge in [-0.1, -0.05) is 24.3 Å². The normalized spacial score (nSPS) is 21.2. The van der Waals surface area contributed by atoms with E-state index in [4.69, 9.17) is 0 Å². The molecule has 0 radical (unpaired) electrons. The van der Waals surface area contributed by atoms with Crippen LogP contribution in [-0.2, 0) is 11.9 Å². The standard InChI is InChI=1S/C19H19F3N2S/c1-23-14-9-24(10-14)18-15-5-3-2-4-12(15)11-25-17-7-6-13(8-16(17)18)19(20,21)22/h2-8,14,18,23H,9-11H2,1H3. The van der Waals surface area contributed by atoms with Crippen LogP contribution in [0.2, 0.25) is 0 Å². The molecule has 2 heterocycles. The van der Waals surface area contributed by atoms with Gasteiger partial charge in [-0.25, -0.2) is 0 Å². The van der Waals surface area contributed by atoms with Crippen molar-refractivity contribution in [1.29, 1.82) is 0 Å². The molecule has 1 N–H and O–H groups in total. The number of alkyl halides is 3. The molecule has 2 aliphatic heterocycles. The van der Waals surface area contributed by atoms with Crippen molar-refractivity contribution in [2.45, 2.75) is 28.9 Å². The van der Waals surface area contributed by atoms with E-state index in [0.717, 1.165) is 34.9 Å². The number of fused-ring (bicyclic) bond motifs is 2. The molecule has 2 aromatic carbocycles. The predicted molar refractivity (Wildman–Crippen MR) is 93.7 cm³/mol. The summed E-state index contributed by atoms with van der Waals surface area (Å²) in [4.78, 5) is 3.22. The number of nitrogens with zero attached hydrogens (tertiary/aromatic N) is 1. The van der Waals surface area contributed by atoms with Crippen LogP contribution in [0.4, 0.5) is 13.2 Å².